The number of piperazine rings is 1. The van der Waals surface area contributed by atoms with Gasteiger partial charge < -0.3 is 10.2 Å². The topological polar surface area (TPSA) is 90.0 Å². The first-order valence-corrected chi connectivity index (χ1v) is 18.1. The highest BCUT2D eigenvalue weighted by Crippen LogP contribution is 2.29. The van der Waals surface area contributed by atoms with Crippen molar-refractivity contribution in [1.82, 2.24) is 14.5 Å². The van der Waals surface area contributed by atoms with Crippen LogP contribution in [0.3, 0.4) is 0 Å². The second-order valence-electron chi connectivity index (χ2n) is 12.4. The molecule has 0 radical (unpaired) electrons. The summed E-state index contributed by atoms with van der Waals surface area (Å²) in [6.07, 6.45) is 2.37. The highest BCUT2D eigenvalue weighted by Gasteiger charge is 2.39. The predicted molar refractivity (Wildman–Crippen MR) is 192 cm³/mol. The molecule has 3 amide bonds. The molecule has 1 fully saturated rings. The molecule has 1 heterocycles. The molecule has 1 aliphatic rings. The molecule has 48 heavy (non-hydrogen) atoms. The molecule has 1 saturated heterocycles. The van der Waals surface area contributed by atoms with Crippen LogP contribution in [0.5, 0.6) is 0 Å². The SMILES string of the molecule is CCCCC1CN(C(=O)C(C)N(C(=O)NCc2ccccc2)c2ccc3ccccc3c2)CCN1S(=O)(=O)c1ccc2ccccc2c1. The number of rotatable bonds is 10. The van der Waals surface area contributed by atoms with E-state index in [9.17, 15) is 18.0 Å². The molecule has 1 aliphatic heterocycles. The number of carbonyl (C=O) groups is 2. The number of nitrogens with zero attached hydrogens (tertiary/aromatic N) is 3. The quantitative estimate of drug-likeness (QED) is 0.172. The van der Waals surface area contributed by atoms with Crippen LogP contribution < -0.4 is 10.2 Å². The van der Waals surface area contributed by atoms with Crippen molar-refractivity contribution in [2.24, 2.45) is 0 Å². The second kappa shape index (κ2) is 14.6. The van der Waals surface area contributed by atoms with Gasteiger partial charge in [0.15, 0.2) is 0 Å². The van der Waals surface area contributed by atoms with Gasteiger partial charge in [-0.1, -0.05) is 111 Å². The number of benzene rings is 5. The van der Waals surface area contributed by atoms with E-state index in [4.69, 9.17) is 0 Å². The fourth-order valence-corrected chi connectivity index (χ4v) is 8.24. The monoisotopic (exact) mass is 662 g/mol. The third-order valence-corrected chi connectivity index (χ3v) is 11.2. The minimum absolute atomic E-state index is 0.179. The predicted octanol–water partition coefficient (Wildman–Crippen LogP) is 7.19. The van der Waals surface area contributed by atoms with Gasteiger partial charge in [0.05, 0.1) is 4.90 Å². The molecule has 1 N–H and O–H groups in total. The Morgan fingerprint density at radius 1 is 0.812 bits per heavy atom. The minimum Gasteiger partial charge on any atom is -0.338 e. The molecule has 9 heteroatoms. The molecule has 5 aromatic rings. The summed E-state index contributed by atoms with van der Waals surface area (Å²) in [4.78, 5) is 31.7. The fraction of sp³-hybridized carbons (Fsp3) is 0.282. The van der Waals surface area contributed by atoms with E-state index in [-0.39, 0.29) is 42.5 Å². The van der Waals surface area contributed by atoms with Gasteiger partial charge >= 0.3 is 6.03 Å². The van der Waals surface area contributed by atoms with E-state index in [0.717, 1.165) is 39.9 Å². The third kappa shape index (κ3) is 7.07. The molecular weight excluding hydrogens is 621 g/mol. The second-order valence-corrected chi connectivity index (χ2v) is 14.3. The van der Waals surface area contributed by atoms with Crippen molar-refractivity contribution in [3.63, 3.8) is 0 Å². The molecule has 248 valence electrons. The van der Waals surface area contributed by atoms with E-state index >= 15 is 0 Å². The van der Waals surface area contributed by atoms with Crippen LogP contribution in [0.25, 0.3) is 21.5 Å². The van der Waals surface area contributed by atoms with Gasteiger partial charge in [0.2, 0.25) is 15.9 Å². The van der Waals surface area contributed by atoms with Gasteiger partial charge in [-0.25, -0.2) is 13.2 Å². The lowest BCUT2D eigenvalue weighted by atomic mass is 10.1. The minimum atomic E-state index is -3.81. The lowest BCUT2D eigenvalue weighted by Gasteiger charge is -2.42. The number of hydrogen-bond acceptors (Lipinski definition) is 4. The van der Waals surface area contributed by atoms with E-state index in [1.807, 2.05) is 103 Å². The molecule has 0 spiro atoms. The Labute approximate surface area is 283 Å². The maximum Gasteiger partial charge on any atom is 0.322 e. The summed E-state index contributed by atoms with van der Waals surface area (Å²) in [6, 6.07) is 34.7. The van der Waals surface area contributed by atoms with Crippen LogP contribution in [0.1, 0.15) is 38.7 Å². The third-order valence-electron chi connectivity index (χ3n) is 9.22. The van der Waals surface area contributed by atoms with E-state index in [2.05, 4.69) is 12.2 Å². The average Bonchev–Trinajstić information content (AvgIpc) is 3.12. The summed E-state index contributed by atoms with van der Waals surface area (Å²) < 4.78 is 29.7. The van der Waals surface area contributed by atoms with Gasteiger partial charge in [0, 0.05) is 37.9 Å². The van der Waals surface area contributed by atoms with E-state index < -0.39 is 16.1 Å². The van der Waals surface area contributed by atoms with E-state index in [1.54, 1.807) is 28.3 Å². The van der Waals surface area contributed by atoms with Crippen LogP contribution in [0.4, 0.5) is 10.5 Å². The number of amides is 3. The standard InChI is InChI=1S/C39H42N4O4S/c1-3-4-18-36-28-41(23-24-42(36)48(46,47)37-22-20-32-15-9-11-17-34(32)26-37)38(44)29(2)43(39(45)40-27-30-12-6-5-7-13-30)35-21-19-31-14-8-10-16-33(31)25-35/h5-17,19-22,25-26,29,36H,3-4,18,23-24,27-28H2,1-2H3,(H,40,45). The molecule has 0 aromatic heterocycles. The normalized spacial score (nSPS) is 16.1. The molecule has 5 aromatic carbocycles. The number of hydrogen-bond donors (Lipinski definition) is 1. The first kappa shape index (κ1) is 33.2. The van der Waals surface area contributed by atoms with Gasteiger partial charge in [-0.2, -0.15) is 4.31 Å². The largest absolute Gasteiger partial charge is 0.338 e. The number of carbonyl (C=O) groups excluding carboxylic acids is 2. The molecule has 0 bridgehead atoms. The van der Waals surface area contributed by atoms with E-state index in [1.165, 1.54) is 4.90 Å². The lowest BCUT2D eigenvalue weighted by Crippen LogP contribution is -2.60. The zero-order valence-corrected chi connectivity index (χ0v) is 28.3. The summed E-state index contributed by atoms with van der Waals surface area (Å²) >= 11 is 0. The first-order valence-electron chi connectivity index (χ1n) is 16.7. The van der Waals surface area contributed by atoms with Crippen LogP contribution in [0.15, 0.2) is 120 Å². The van der Waals surface area contributed by atoms with Crippen LogP contribution in [-0.4, -0.2) is 61.3 Å². The maximum atomic E-state index is 14.3. The van der Waals surface area contributed by atoms with Crippen molar-refractivity contribution in [2.45, 2.75) is 56.6 Å². The lowest BCUT2D eigenvalue weighted by molar-refractivity contribution is -0.134. The van der Waals surface area contributed by atoms with Gasteiger partial charge in [-0.3, -0.25) is 9.69 Å². The van der Waals surface area contributed by atoms with Crippen molar-refractivity contribution in [1.29, 1.82) is 0 Å². The maximum absolute atomic E-state index is 14.3. The highest BCUT2D eigenvalue weighted by atomic mass is 32.2. The Hall–Kier alpha value is -4.73. The Morgan fingerprint density at radius 2 is 1.44 bits per heavy atom. The van der Waals surface area contributed by atoms with E-state index in [0.29, 0.717) is 18.7 Å². The summed E-state index contributed by atoms with van der Waals surface area (Å²) in [5.74, 6) is -0.220. The molecule has 2 unspecified atom stereocenters. The molecule has 0 aliphatic carbocycles. The number of anilines is 1. The van der Waals surface area contributed by atoms with Crippen molar-refractivity contribution in [3.8, 4) is 0 Å². The molecule has 0 saturated carbocycles. The Morgan fingerprint density at radius 3 is 2.12 bits per heavy atom. The Kier molecular flexibility index (Phi) is 10.1. The smallest absolute Gasteiger partial charge is 0.322 e. The number of nitrogens with one attached hydrogen (secondary N) is 1. The van der Waals surface area contributed by atoms with Crippen molar-refractivity contribution in [2.75, 3.05) is 24.5 Å². The van der Waals surface area contributed by atoms with Crippen LogP contribution in [0.2, 0.25) is 0 Å². The average molecular weight is 663 g/mol. The van der Waals surface area contributed by atoms with Crippen molar-refractivity contribution in [3.05, 3.63) is 121 Å². The molecule has 2 atom stereocenters. The number of unbranched alkanes of at least 4 members (excludes halogenated alkanes) is 1. The van der Waals surface area contributed by atoms with Crippen molar-refractivity contribution < 1.29 is 18.0 Å². The first-order chi connectivity index (χ1) is 23.3. The van der Waals surface area contributed by atoms with Crippen LogP contribution in [-0.2, 0) is 21.4 Å². The molecule has 8 nitrogen and oxygen atoms in total. The molecule has 6 rings (SSSR count). The van der Waals surface area contributed by atoms with Gasteiger partial charge in [-0.05, 0) is 64.7 Å². The highest BCUT2D eigenvalue weighted by molar-refractivity contribution is 7.89. The number of fused-ring (bicyclic) bond motifs is 2. The van der Waals surface area contributed by atoms with Crippen LogP contribution >= 0.6 is 0 Å². The number of sulfonamides is 1. The summed E-state index contributed by atoms with van der Waals surface area (Å²) in [5, 5.41) is 6.85. The number of urea groups is 1. The van der Waals surface area contributed by atoms with Gasteiger partial charge in [-0.15, -0.1) is 0 Å². The van der Waals surface area contributed by atoms with Gasteiger partial charge in [0.1, 0.15) is 6.04 Å². The van der Waals surface area contributed by atoms with Crippen molar-refractivity contribution >= 4 is 49.2 Å². The Bertz CT molecular complexity index is 2020. The zero-order valence-electron chi connectivity index (χ0n) is 27.5. The zero-order chi connectivity index (χ0) is 33.7. The summed E-state index contributed by atoms with van der Waals surface area (Å²) in [6.45, 7) is 4.81. The summed E-state index contributed by atoms with van der Waals surface area (Å²) in [5.41, 5.74) is 1.56. The fourth-order valence-electron chi connectivity index (χ4n) is 6.57. The van der Waals surface area contributed by atoms with Crippen LogP contribution in [0, 0.1) is 0 Å². The molecular formula is C39H42N4O4S. The summed E-state index contributed by atoms with van der Waals surface area (Å²) in [7, 11) is -3.81. The van der Waals surface area contributed by atoms with Gasteiger partial charge in [0.25, 0.3) is 0 Å². The Balaban J connectivity index is 1.25.